The fourth-order valence-corrected chi connectivity index (χ4v) is 3.98. The number of rotatable bonds is 6. The largest absolute Gasteiger partial charge is 0.354 e. The van der Waals surface area contributed by atoms with E-state index in [9.17, 15) is 14.4 Å². The van der Waals surface area contributed by atoms with Crippen LogP contribution in [0.15, 0.2) is 24.3 Å². The second kappa shape index (κ2) is 9.02. The van der Waals surface area contributed by atoms with Gasteiger partial charge in [0.2, 0.25) is 5.91 Å². The number of amides is 3. The molecule has 6 nitrogen and oxygen atoms in total. The molecule has 1 aromatic carbocycles. The molecule has 0 bridgehead atoms. The maximum Gasteiger partial charge on any atom is 0.257 e. The molecule has 27 heavy (non-hydrogen) atoms. The van der Waals surface area contributed by atoms with Crippen molar-refractivity contribution >= 4 is 29.1 Å². The quantitative estimate of drug-likeness (QED) is 0.595. The molecule has 3 amide bonds. The van der Waals surface area contributed by atoms with Gasteiger partial charge in [0, 0.05) is 13.0 Å². The second-order valence-electron chi connectivity index (χ2n) is 7.53. The maximum absolute atomic E-state index is 13.2. The van der Waals surface area contributed by atoms with E-state index < -0.39 is 17.9 Å². The Kier molecular flexibility index (Phi) is 6.48. The minimum atomic E-state index is -1.15. The molecule has 1 heterocycles. The van der Waals surface area contributed by atoms with Gasteiger partial charge in [0.25, 0.3) is 11.8 Å². The average Bonchev–Trinajstić information content (AvgIpc) is 2.67. The van der Waals surface area contributed by atoms with Crippen LogP contribution in [-0.4, -0.2) is 30.3 Å². The molecule has 6 heteroatoms. The number of unbranched alkanes of at least 4 members (excludes halogenated alkanes) is 1. The lowest BCUT2D eigenvalue weighted by Gasteiger charge is -2.36. The predicted molar refractivity (Wildman–Crippen MR) is 105 cm³/mol. The molecule has 1 aliphatic heterocycles. The van der Waals surface area contributed by atoms with Gasteiger partial charge in [-0.2, -0.15) is 0 Å². The standard InChI is InChI=1S/C21H29N3O3/c1-2-3-13-22-20(26)19-21(27)23-16-11-7-8-12-17(16)24(19)18(25)14-15-9-5-4-6-10-15/h7-8,11-12,15,19H,2-6,9-10,13-14H2,1H3,(H,22,26)(H,23,27). The third-order valence-electron chi connectivity index (χ3n) is 5.46. The summed E-state index contributed by atoms with van der Waals surface area (Å²) in [6.45, 7) is 2.54. The Labute approximate surface area is 160 Å². The highest BCUT2D eigenvalue weighted by Gasteiger charge is 2.41. The minimum Gasteiger partial charge on any atom is -0.354 e. The fourth-order valence-electron chi connectivity index (χ4n) is 3.98. The predicted octanol–water partition coefficient (Wildman–Crippen LogP) is 3.23. The van der Waals surface area contributed by atoms with Crippen molar-refractivity contribution in [2.75, 3.05) is 16.8 Å². The SMILES string of the molecule is CCCCNC(=O)C1C(=O)Nc2ccccc2N1C(=O)CC1CCCCC1. The highest BCUT2D eigenvalue weighted by molar-refractivity contribution is 6.21. The van der Waals surface area contributed by atoms with Crippen molar-refractivity contribution in [1.29, 1.82) is 0 Å². The summed E-state index contributed by atoms with van der Waals surface area (Å²) in [6, 6.07) is 6.04. The van der Waals surface area contributed by atoms with Gasteiger partial charge in [0.1, 0.15) is 0 Å². The van der Waals surface area contributed by atoms with Crippen LogP contribution < -0.4 is 15.5 Å². The van der Waals surface area contributed by atoms with Gasteiger partial charge < -0.3 is 10.6 Å². The van der Waals surface area contributed by atoms with E-state index in [2.05, 4.69) is 10.6 Å². The zero-order valence-electron chi connectivity index (χ0n) is 16.0. The van der Waals surface area contributed by atoms with Crippen molar-refractivity contribution in [1.82, 2.24) is 5.32 Å². The number of nitrogens with one attached hydrogen (secondary N) is 2. The Balaban J connectivity index is 1.84. The first-order valence-electron chi connectivity index (χ1n) is 10.1. The lowest BCUT2D eigenvalue weighted by molar-refractivity contribution is -0.132. The molecule has 2 N–H and O–H groups in total. The smallest absolute Gasteiger partial charge is 0.257 e. The summed E-state index contributed by atoms with van der Waals surface area (Å²) >= 11 is 0. The van der Waals surface area contributed by atoms with Crippen LogP contribution in [0.3, 0.4) is 0 Å². The average molecular weight is 371 g/mol. The van der Waals surface area contributed by atoms with E-state index in [1.807, 2.05) is 19.1 Å². The number of nitrogens with zero attached hydrogens (tertiary/aromatic N) is 1. The van der Waals surface area contributed by atoms with E-state index in [0.717, 1.165) is 38.5 Å². The van der Waals surface area contributed by atoms with Crippen molar-refractivity contribution in [3.05, 3.63) is 24.3 Å². The Morgan fingerprint density at radius 1 is 1.19 bits per heavy atom. The summed E-state index contributed by atoms with van der Waals surface area (Å²) in [5, 5.41) is 5.59. The van der Waals surface area contributed by atoms with Crippen LogP contribution in [0.2, 0.25) is 0 Å². The number of hydrogen-bond acceptors (Lipinski definition) is 3. The molecule has 1 unspecified atom stereocenters. The summed E-state index contributed by atoms with van der Waals surface area (Å²) in [4.78, 5) is 40.0. The number of carbonyl (C=O) groups excluding carboxylic acids is 3. The van der Waals surface area contributed by atoms with Gasteiger partial charge in [-0.25, -0.2) is 0 Å². The monoisotopic (exact) mass is 371 g/mol. The molecule has 1 saturated carbocycles. The van der Waals surface area contributed by atoms with E-state index in [4.69, 9.17) is 0 Å². The van der Waals surface area contributed by atoms with Gasteiger partial charge >= 0.3 is 0 Å². The van der Waals surface area contributed by atoms with E-state index in [0.29, 0.717) is 30.3 Å². The molecule has 1 fully saturated rings. The summed E-state index contributed by atoms with van der Waals surface area (Å²) in [5.74, 6) is -0.654. The molecular weight excluding hydrogens is 342 g/mol. The molecular formula is C21H29N3O3. The van der Waals surface area contributed by atoms with Crippen LogP contribution in [0.4, 0.5) is 11.4 Å². The molecule has 2 aliphatic rings. The molecule has 0 saturated heterocycles. The number of benzene rings is 1. The first-order valence-corrected chi connectivity index (χ1v) is 10.1. The van der Waals surface area contributed by atoms with Crippen molar-refractivity contribution in [3.8, 4) is 0 Å². The van der Waals surface area contributed by atoms with Crippen molar-refractivity contribution in [2.24, 2.45) is 5.92 Å². The molecule has 1 aliphatic carbocycles. The van der Waals surface area contributed by atoms with E-state index in [1.54, 1.807) is 12.1 Å². The second-order valence-corrected chi connectivity index (χ2v) is 7.53. The topological polar surface area (TPSA) is 78.5 Å². The first kappa shape index (κ1) is 19.4. The van der Waals surface area contributed by atoms with Crippen LogP contribution in [-0.2, 0) is 14.4 Å². The third-order valence-corrected chi connectivity index (χ3v) is 5.46. The Morgan fingerprint density at radius 3 is 2.67 bits per heavy atom. The fraction of sp³-hybridized carbons (Fsp3) is 0.571. The van der Waals surface area contributed by atoms with Crippen molar-refractivity contribution in [3.63, 3.8) is 0 Å². The van der Waals surface area contributed by atoms with E-state index in [1.165, 1.54) is 11.3 Å². The van der Waals surface area contributed by atoms with Crippen LogP contribution in [0.1, 0.15) is 58.3 Å². The Hall–Kier alpha value is -2.37. The molecule has 1 aromatic rings. The highest BCUT2D eigenvalue weighted by atomic mass is 16.2. The summed E-state index contributed by atoms with van der Waals surface area (Å²) in [7, 11) is 0. The van der Waals surface area contributed by atoms with Gasteiger partial charge in [-0.1, -0.05) is 44.7 Å². The van der Waals surface area contributed by atoms with Gasteiger partial charge in [0.15, 0.2) is 6.04 Å². The van der Waals surface area contributed by atoms with Crippen LogP contribution in [0.25, 0.3) is 0 Å². The van der Waals surface area contributed by atoms with Gasteiger partial charge in [-0.15, -0.1) is 0 Å². The van der Waals surface area contributed by atoms with Crippen LogP contribution in [0, 0.1) is 5.92 Å². The summed E-state index contributed by atoms with van der Waals surface area (Å²) in [5.41, 5.74) is 1.19. The molecule has 3 rings (SSSR count). The van der Waals surface area contributed by atoms with E-state index >= 15 is 0 Å². The Morgan fingerprint density at radius 2 is 1.93 bits per heavy atom. The van der Waals surface area contributed by atoms with Crippen LogP contribution >= 0.6 is 0 Å². The summed E-state index contributed by atoms with van der Waals surface area (Å²) < 4.78 is 0. The number of para-hydroxylation sites is 2. The first-order chi connectivity index (χ1) is 13.1. The lowest BCUT2D eigenvalue weighted by atomic mass is 9.86. The molecule has 0 aromatic heterocycles. The molecule has 1 atom stereocenters. The minimum absolute atomic E-state index is 0.139. The zero-order chi connectivity index (χ0) is 19.2. The number of hydrogen-bond donors (Lipinski definition) is 2. The number of carbonyl (C=O) groups is 3. The van der Waals surface area contributed by atoms with Crippen LogP contribution in [0.5, 0.6) is 0 Å². The zero-order valence-corrected chi connectivity index (χ0v) is 16.0. The molecule has 0 radical (unpaired) electrons. The van der Waals surface area contributed by atoms with E-state index in [-0.39, 0.29) is 5.91 Å². The maximum atomic E-state index is 13.2. The Bertz CT molecular complexity index is 698. The molecule has 146 valence electrons. The van der Waals surface area contributed by atoms with Crippen molar-refractivity contribution < 1.29 is 14.4 Å². The van der Waals surface area contributed by atoms with Gasteiger partial charge in [-0.05, 0) is 37.3 Å². The number of fused-ring (bicyclic) bond motifs is 1. The molecule has 0 spiro atoms. The third kappa shape index (κ3) is 4.49. The lowest BCUT2D eigenvalue weighted by Crippen LogP contribution is -2.58. The van der Waals surface area contributed by atoms with Gasteiger partial charge in [0.05, 0.1) is 11.4 Å². The van der Waals surface area contributed by atoms with Crippen molar-refractivity contribution in [2.45, 2.75) is 64.3 Å². The normalized spacial score (nSPS) is 20.0. The summed E-state index contributed by atoms with van der Waals surface area (Å²) in [6.07, 6.45) is 7.78. The number of anilines is 2. The highest BCUT2D eigenvalue weighted by Crippen LogP contribution is 2.34. The van der Waals surface area contributed by atoms with Gasteiger partial charge in [-0.3, -0.25) is 19.3 Å².